The molecule has 0 spiro atoms. The van der Waals surface area contributed by atoms with Crippen LogP contribution >= 0.6 is 0 Å². The van der Waals surface area contributed by atoms with E-state index in [0.717, 1.165) is 19.3 Å². The van der Waals surface area contributed by atoms with Gasteiger partial charge in [-0.2, -0.15) is 13.2 Å². The molecule has 1 aliphatic heterocycles. The van der Waals surface area contributed by atoms with Gasteiger partial charge in [-0.05, 0) is 57.1 Å². The number of fused-ring (bicyclic) bond motifs is 1. The van der Waals surface area contributed by atoms with Crippen molar-refractivity contribution < 1.29 is 31.9 Å². The van der Waals surface area contributed by atoms with E-state index in [1.807, 2.05) is 13.8 Å². The number of imide groups is 1. The van der Waals surface area contributed by atoms with Gasteiger partial charge in [-0.25, -0.2) is 9.59 Å². The topological polar surface area (TPSA) is 80.1 Å². The van der Waals surface area contributed by atoms with E-state index in [4.69, 9.17) is 9.15 Å². The second kappa shape index (κ2) is 9.78. The van der Waals surface area contributed by atoms with Crippen molar-refractivity contribution >= 4 is 22.9 Å². The van der Waals surface area contributed by atoms with Crippen LogP contribution in [0.25, 0.3) is 11.0 Å². The van der Waals surface area contributed by atoms with Crippen LogP contribution in [0.2, 0.25) is 0 Å². The number of rotatable bonds is 9. The van der Waals surface area contributed by atoms with Crippen molar-refractivity contribution in [2.45, 2.75) is 70.5 Å². The number of benzene rings is 1. The molecule has 1 saturated carbocycles. The Kier molecular flexibility index (Phi) is 7.07. The molecule has 0 bridgehead atoms. The molecule has 1 unspecified atom stereocenters. The van der Waals surface area contributed by atoms with Gasteiger partial charge in [0.2, 0.25) is 0 Å². The van der Waals surface area contributed by atoms with Crippen molar-refractivity contribution in [1.29, 1.82) is 0 Å². The van der Waals surface area contributed by atoms with E-state index in [1.165, 1.54) is 17.0 Å². The van der Waals surface area contributed by atoms with Gasteiger partial charge in [0, 0.05) is 30.6 Å². The Labute approximate surface area is 207 Å². The molecule has 36 heavy (non-hydrogen) atoms. The number of hydrogen-bond donors (Lipinski definition) is 0. The first-order chi connectivity index (χ1) is 17.0. The summed E-state index contributed by atoms with van der Waals surface area (Å²) in [6.07, 6.45) is 0.306. The van der Waals surface area contributed by atoms with Crippen LogP contribution < -0.4 is 10.4 Å². The average Bonchev–Trinajstić information content (AvgIpc) is 2.93. The number of amides is 3. The first-order valence-corrected chi connectivity index (χ1v) is 12.4. The van der Waals surface area contributed by atoms with Crippen LogP contribution in [0.15, 0.2) is 27.4 Å². The van der Waals surface area contributed by atoms with Crippen molar-refractivity contribution in [3.8, 4) is 5.75 Å². The minimum atomic E-state index is -4.69. The highest BCUT2D eigenvalue weighted by Gasteiger charge is 2.57. The normalized spacial score (nSPS) is 20.9. The number of carbonyl (C=O) groups is 2. The molecule has 0 radical (unpaired) electrons. The van der Waals surface area contributed by atoms with Crippen molar-refractivity contribution in [1.82, 2.24) is 9.80 Å². The van der Waals surface area contributed by atoms with Crippen LogP contribution in [0.1, 0.15) is 63.5 Å². The average molecular weight is 509 g/mol. The zero-order valence-electron chi connectivity index (χ0n) is 20.7. The van der Waals surface area contributed by atoms with E-state index in [-0.39, 0.29) is 42.0 Å². The lowest BCUT2D eigenvalue weighted by molar-refractivity contribution is -0.137. The van der Waals surface area contributed by atoms with Gasteiger partial charge < -0.3 is 14.1 Å². The smallest absolute Gasteiger partial charge is 0.417 e. The Morgan fingerprint density at radius 2 is 1.89 bits per heavy atom. The van der Waals surface area contributed by atoms with Crippen molar-refractivity contribution in [2.75, 3.05) is 20.2 Å². The summed E-state index contributed by atoms with van der Waals surface area (Å²) in [5.41, 5.74) is -2.58. The number of nitrogens with zero attached hydrogens (tertiary/aromatic N) is 2. The Bertz CT molecular complexity index is 1220. The number of unbranched alkanes of at least 4 members (excludes halogenated alkanes) is 1. The summed E-state index contributed by atoms with van der Waals surface area (Å²) in [4.78, 5) is 40.5. The number of urea groups is 1. The van der Waals surface area contributed by atoms with E-state index in [9.17, 15) is 27.6 Å². The fourth-order valence-electron chi connectivity index (χ4n) is 5.17. The molecule has 2 aromatic rings. The first kappa shape index (κ1) is 26.0. The third kappa shape index (κ3) is 4.46. The zero-order chi connectivity index (χ0) is 26.3. The maximum atomic E-state index is 13.5. The summed E-state index contributed by atoms with van der Waals surface area (Å²) in [5, 5.41) is -0.178. The van der Waals surface area contributed by atoms with E-state index >= 15 is 0 Å². The molecule has 1 aromatic heterocycles. The minimum Gasteiger partial charge on any atom is -0.493 e. The highest BCUT2D eigenvalue weighted by atomic mass is 19.4. The fourth-order valence-corrected chi connectivity index (χ4v) is 5.17. The standard InChI is InChI=1S/C26H31F3N2O5/c1-4-8-18-20(12-11-17-19(26(27,28)29)15-21(32)36-22(17)18)35-14-6-5-13-31-23(33)25(2,16-9-7-10-16)30(3)24(31)34/h11-12,15-16H,4-10,13-14H2,1-3H3. The van der Waals surface area contributed by atoms with Gasteiger partial charge in [0.05, 0.1) is 12.2 Å². The Hall–Kier alpha value is -3.04. The largest absolute Gasteiger partial charge is 0.493 e. The van der Waals surface area contributed by atoms with Crippen molar-refractivity contribution in [2.24, 2.45) is 5.92 Å². The monoisotopic (exact) mass is 508 g/mol. The number of ether oxygens (including phenoxy) is 1. The molecule has 1 aliphatic carbocycles. The second-order valence-corrected chi connectivity index (χ2v) is 9.78. The van der Waals surface area contributed by atoms with E-state index in [2.05, 4.69) is 0 Å². The predicted molar refractivity (Wildman–Crippen MR) is 127 cm³/mol. The molecule has 7 nitrogen and oxygen atoms in total. The molecule has 10 heteroatoms. The van der Waals surface area contributed by atoms with Crippen LogP contribution in [0, 0.1) is 5.92 Å². The highest BCUT2D eigenvalue weighted by Crippen LogP contribution is 2.43. The molecule has 1 aromatic carbocycles. The van der Waals surface area contributed by atoms with Crippen molar-refractivity contribution in [3.05, 3.63) is 39.7 Å². The lowest BCUT2D eigenvalue weighted by Crippen LogP contribution is -2.53. The van der Waals surface area contributed by atoms with Gasteiger partial charge in [-0.15, -0.1) is 0 Å². The predicted octanol–water partition coefficient (Wildman–Crippen LogP) is 5.38. The van der Waals surface area contributed by atoms with E-state index < -0.39 is 22.9 Å². The molecule has 1 atom stereocenters. The molecule has 196 valence electrons. The molecule has 2 fully saturated rings. The minimum absolute atomic E-state index is 0.110. The van der Waals surface area contributed by atoms with E-state index in [1.54, 1.807) is 11.9 Å². The lowest BCUT2D eigenvalue weighted by Gasteiger charge is -2.41. The number of halogens is 3. The molecule has 4 rings (SSSR count). The Morgan fingerprint density at radius 1 is 1.17 bits per heavy atom. The van der Waals surface area contributed by atoms with Gasteiger partial charge in [-0.1, -0.05) is 19.8 Å². The van der Waals surface area contributed by atoms with Crippen LogP contribution in [-0.2, 0) is 17.4 Å². The Balaban J connectivity index is 1.43. The number of alkyl halides is 3. The maximum absolute atomic E-state index is 13.5. The van der Waals surface area contributed by atoms with E-state index in [0.29, 0.717) is 43.1 Å². The third-order valence-corrected chi connectivity index (χ3v) is 7.60. The van der Waals surface area contributed by atoms with Gasteiger partial charge in [0.25, 0.3) is 5.91 Å². The summed E-state index contributed by atoms with van der Waals surface area (Å²) in [5.74, 6) is 0.392. The maximum Gasteiger partial charge on any atom is 0.417 e. The summed E-state index contributed by atoms with van der Waals surface area (Å²) in [6.45, 7) is 4.22. The van der Waals surface area contributed by atoms with Crippen LogP contribution in [0.5, 0.6) is 5.75 Å². The number of carbonyl (C=O) groups excluding carboxylic acids is 2. The van der Waals surface area contributed by atoms with Crippen LogP contribution in [0.3, 0.4) is 0 Å². The number of aryl methyl sites for hydroxylation is 1. The fraction of sp³-hybridized carbons (Fsp3) is 0.577. The Morgan fingerprint density at radius 3 is 2.50 bits per heavy atom. The summed E-state index contributed by atoms with van der Waals surface area (Å²) in [7, 11) is 1.68. The molecule has 0 N–H and O–H groups in total. The zero-order valence-corrected chi connectivity index (χ0v) is 20.7. The number of hydrogen-bond acceptors (Lipinski definition) is 5. The summed E-state index contributed by atoms with van der Waals surface area (Å²) >= 11 is 0. The molecule has 2 aliphatic rings. The molecule has 2 heterocycles. The van der Waals surface area contributed by atoms with Gasteiger partial charge in [0.1, 0.15) is 16.9 Å². The van der Waals surface area contributed by atoms with Gasteiger partial charge in [0.15, 0.2) is 0 Å². The summed E-state index contributed by atoms with van der Waals surface area (Å²) in [6, 6.07) is 2.90. The lowest BCUT2D eigenvalue weighted by atomic mass is 9.71. The molecule has 3 amide bonds. The van der Waals surface area contributed by atoms with Crippen LogP contribution in [0.4, 0.5) is 18.0 Å². The highest BCUT2D eigenvalue weighted by molar-refractivity contribution is 6.06. The van der Waals surface area contributed by atoms with Gasteiger partial charge in [-0.3, -0.25) is 9.69 Å². The molecular weight excluding hydrogens is 477 g/mol. The number of likely N-dealkylation sites (N-methyl/N-ethyl adjacent to an activating group) is 1. The summed E-state index contributed by atoms with van der Waals surface area (Å²) < 4.78 is 51.4. The first-order valence-electron chi connectivity index (χ1n) is 12.4. The van der Waals surface area contributed by atoms with Crippen LogP contribution in [-0.4, -0.2) is 47.5 Å². The third-order valence-electron chi connectivity index (χ3n) is 7.60. The van der Waals surface area contributed by atoms with Crippen molar-refractivity contribution in [3.63, 3.8) is 0 Å². The van der Waals surface area contributed by atoms with Gasteiger partial charge >= 0.3 is 17.8 Å². The second-order valence-electron chi connectivity index (χ2n) is 9.78. The molecular formula is C26H31F3N2O5. The quantitative estimate of drug-likeness (QED) is 0.258. The molecule has 1 saturated heterocycles. The SMILES string of the molecule is CCCc1c(OCCCCN2C(=O)N(C)C(C)(C3CCC3)C2=O)ccc2c(C(F)(F)F)cc(=O)oc12.